The molecule has 3 rings (SSSR count). The van der Waals surface area contributed by atoms with E-state index in [1.165, 1.54) is 37.5 Å². The normalized spacial score (nSPS) is 12.5. The second-order valence-corrected chi connectivity index (χ2v) is 7.88. The van der Waals surface area contributed by atoms with Crippen molar-refractivity contribution in [1.82, 2.24) is 15.1 Å². The van der Waals surface area contributed by atoms with Gasteiger partial charge in [0.05, 0.1) is 24.8 Å². The fourth-order valence-electron chi connectivity index (χ4n) is 3.64. The van der Waals surface area contributed by atoms with E-state index in [4.69, 9.17) is 4.74 Å². The molecule has 0 aliphatic heterocycles. The predicted molar refractivity (Wildman–Crippen MR) is 118 cm³/mol. The molecule has 2 N–H and O–H groups in total. The fourth-order valence-corrected chi connectivity index (χ4v) is 3.64. The standard InChI is InChI=1S/C24H25F4N3O3/c1-5-34-21-17(19-11-31(4)30-22(19)24(26,27)28)9-15(12-32)10-18(21)23(33)29-14(3)16-6-7-20(25)13(2)8-16/h6-11,14,32H,5,12H2,1-4H3,(H,29,33)/t14-/m0/s1. The van der Waals surface area contributed by atoms with Gasteiger partial charge in [-0.05, 0) is 55.7 Å². The van der Waals surface area contributed by atoms with Crippen LogP contribution in [0.3, 0.4) is 0 Å². The number of hydrogen-bond donors (Lipinski definition) is 2. The Balaban J connectivity index is 2.11. The fraction of sp³-hybridized carbons (Fsp3) is 0.333. The highest BCUT2D eigenvalue weighted by molar-refractivity contribution is 6.00. The number of aromatic nitrogens is 2. The summed E-state index contributed by atoms with van der Waals surface area (Å²) in [5, 5.41) is 16.0. The molecule has 1 heterocycles. The lowest BCUT2D eigenvalue weighted by Crippen LogP contribution is -2.27. The van der Waals surface area contributed by atoms with Gasteiger partial charge in [-0.2, -0.15) is 18.3 Å². The van der Waals surface area contributed by atoms with Crippen LogP contribution in [-0.4, -0.2) is 27.4 Å². The average Bonchev–Trinajstić information content (AvgIpc) is 3.17. The zero-order valence-electron chi connectivity index (χ0n) is 19.1. The van der Waals surface area contributed by atoms with E-state index >= 15 is 0 Å². The first-order chi connectivity index (χ1) is 16.0. The van der Waals surface area contributed by atoms with Crippen LogP contribution in [0.2, 0.25) is 0 Å². The highest BCUT2D eigenvalue weighted by Gasteiger charge is 2.38. The molecular formula is C24H25F4N3O3. The number of aryl methyl sites for hydroxylation is 2. The second-order valence-electron chi connectivity index (χ2n) is 7.88. The molecule has 0 aliphatic rings. The molecule has 0 unspecified atom stereocenters. The third-order valence-electron chi connectivity index (χ3n) is 5.28. The molecule has 3 aromatic rings. The summed E-state index contributed by atoms with van der Waals surface area (Å²) < 4.78 is 61.3. The quantitative estimate of drug-likeness (QED) is 0.471. The number of aliphatic hydroxyl groups is 1. The number of ether oxygens (including phenoxy) is 1. The second kappa shape index (κ2) is 9.84. The van der Waals surface area contributed by atoms with Crippen molar-refractivity contribution in [3.63, 3.8) is 0 Å². The topological polar surface area (TPSA) is 76.4 Å². The monoisotopic (exact) mass is 479 g/mol. The maximum atomic E-state index is 13.7. The number of amides is 1. The van der Waals surface area contributed by atoms with Crippen LogP contribution in [0, 0.1) is 12.7 Å². The zero-order chi connectivity index (χ0) is 25.2. The van der Waals surface area contributed by atoms with Crippen molar-refractivity contribution >= 4 is 5.91 Å². The van der Waals surface area contributed by atoms with Gasteiger partial charge in [-0.3, -0.25) is 9.48 Å². The molecule has 2 aromatic carbocycles. The molecule has 0 spiro atoms. The van der Waals surface area contributed by atoms with Crippen molar-refractivity contribution in [1.29, 1.82) is 0 Å². The van der Waals surface area contributed by atoms with E-state index in [0.717, 1.165) is 4.68 Å². The van der Waals surface area contributed by atoms with Crippen LogP contribution >= 0.6 is 0 Å². The average molecular weight is 479 g/mol. The summed E-state index contributed by atoms with van der Waals surface area (Å²) in [5.74, 6) is -1.05. The Hall–Kier alpha value is -3.40. The van der Waals surface area contributed by atoms with E-state index in [-0.39, 0.29) is 40.4 Å². The summed E-state index contributed by atoms with van der Waals surface area (Å²) in [6.45, 7) is 4.52. The third-order valence-corrected chi connectivity index (χ3v) is 5.28. The third kappa shape index (κ3) is 5.22. The van der Waals surface area contributed by atoms with E-state index in [2.05, 4.69) is 10.4 Å². The summed E-state index contributed by atoms with van der Waals surface area (Å²) in [5.41, 5.74) is -0.163. The summed E-state index contributed by atoms with van der Waals surface area (Å²) in [7, 11) is 1.36. The van der Waals surface area contributed by atoms with Gasteiger partial charge in [-0.1, -0.05) is 12.1 Å². The van der Waals surface area contributed by atoms with Crippen LogP contribution in [0.1, 0.15) is 52.6 Å². The van der Waals surface area contributed by atoms with Gasteiger partial charge >= 0.3 is 6.18 Å². The van der Waals surface area contributed by atoms with Crippen LogP contribution in [0.25, 0.3) is 11.1 Å². The Labute approximate surface area is 194 Å². The molecule has 0 radical (unpaired) electrons. The number of benzene rings is 2. The SMILES string of the molecule is CCOc1c(C(=O)N[C@@H](C)c2ccc(F)c(C)c2)cc(CO)cc1-c1cn(C)nc1C(F)(F)F. The predicted octanol–water partition coefficient (Wildman–Crippen LogP) is 4.94. The van der Waals surface area contributed by atoms with Crippen LogP contribution in [0.15, 0.2) is 36.5 Å². The van der Waals surface area contributed by atoms with Gasteiger partial charge in [0.15, 0.2) is 5.69 Å². The van der Waals surface area contributed by atoms with Gasteiger partial charge in [0.2, 0.25) is 0 Å². The Morgan fingerprint density at radius 2 is 1.94 bits per heavy atom. The molecule has 34 heavy (non-hydrogen) atoms. The van der Waals surface area contributed by atoms with E-state index < -0.39 is 30.4 Å². The van der Waals surface area contributed by atoms with E-state index in [0.29, 0.717) is 11.1 Å². The Bertz CT molecular complexity index is 1200. The summed E-state index contributed by atoms with van der Waals surface area (Å²) >= 11 is 0. The van der Waals surface area contributed by atoms with Crippen molar-refractivity contribution in [2.24, 2.45) is 7.05 Å². The molecule has 182 valence electrons. The minimum Gasteiger partial charge on any atom is -0.492 e. The van der Waals surface area contributed by atoms with Crippen molar-refractivity contribution in [2.75, 3.05) is 6.61 Å². The van der Waals surface area contributed by atoms with Crippen LogP contribution in [0.5, 0.6) is 5.75 Å². The van der Waals surface area contributed by atoms with Gasteiger partial charge in [-0.25, -0.2) is 4.39 Å². The molecular weight excluding hydrogens is 454 g/mol. The highest BCUT2D eigenvalue weighted by atomic mass is 19.4. The number of nitrogens with zero attached hydrogens (tertiary/aromatic N) is 2. The number of halogens is 4. The first-order valence-electron chi connectivity index (χ1n) is 10.5. The molecule has 6 nitrogen and oxygen atoms in total. The van der Waals surface area contributed by atoms with E-state index in [1.807, 2.05) is 0 Å². The van der Waals surface area contributed by atoms with Gasteiger partial charge in [-0.15, -0.1) is 0 Å². The number of rotatable bonds is 7. The van der Waals surface area contributed by atoms with Crippen molar-refractivity contribution in [3.8, 4) is 16.9 Å². The molecule has 1 amide bonds. The molecule has 10 heteroatoms. The lowest BCUT2D eigenvalue weighted by atomic mass is 9.97. The maximum absolute atomic E-state index is 13.7. The molecule has 1 atom stereocenters. The van der Waals surface area contributed by atoms with Gasteiger partial charge in [0.1, 0.15) is 11.6 Å². The summed E-state index contributed by atoms with van der Waals surface area (Å²) in [4.78, 5) is 13.2. The maximum Gasteiger partial charge on any atom is 0.435 e. The summed E-state index contributed by atoms with van der Waals surface area (Å²) in [6, 6.07) is 6.62. The van der Waals surface area contributed by atoms with E-state index in [1.54, 1.807) is 26.8 Å². The van der Waals surface area contributed by atoms with Crippen molar-refractivity contribution in [2.45, 2.75) is 39.6 Å². The van der Waals surface area contributed by atoms with Gasteiger partial charge in [0.25, 0.3) is 5.91 Å². The lowest BCUT2D eigenvalue weighted by Gasteiger charge is -2.20. The Kier molecular flexibility index (Phi) is 7.30. The van der Waals surface area contributed by atoms with E-state index in [9.17, 15) is 27.5 Å². The first kappa shape index (κ1) is 25.2. The van der Waals surface area contributed by atoms with Crippen LogP contribution in [0.4, 0.5) is 17.6 Å². The largest absolute Gasteiger partial charge is 0.492 e. The highest BCUT2D eigenvalue weighted by Crippen LogP contribution is 2.42. The smallest absolute Gasteiger partial charge is 0.435 e. The number of alkyl halides is 3. The van der Waals surface area contributed by atoms with Crippen LogP contribution in [-0.2, 0) is 19.8 Å². The number of carbonyl (C=O) groups is 1. The molecule has 0 aliphatic carbocycles. The van der Waals surface area contributed by atoms with Gasteiger partial charge < -0.3 is 15.2 Å². The van der Waals surface area contributed by atoms with Gasteiger partial charge in [0, 0.05) is 24.4 Å². The molecule has 0 saturated carbocycles. The number of aliphatic hydroxyl groups excluding tert-OH is 1. The lowest BCUT2D eigenvalue weighted by molar-refractivity contribution is -0.140. The number of nitrogens with one attached hydrogen (secondary N) is 1. The molecule has 1 aromatic heterocycles. The van der Waals surface area contributed by atoms with Crippen molar-refractivity contribution in [3.05, 3.63) is 70.3 Å². The number of hydrogen-bond acceptors (Lipinski definition) is 4. The minimum absolute atomic E-state index is 0.00995. The Morgan fingerprint density at radius 1 is 1.24 bits per heavy atom. The first-order valence-corrected chi connectivity index (χ1v) is 10.5. The number of carbonyl (C=O) groups excluding carboxylic acids is 1. The molecule has 0 saturated heterocycles. The summed E-state index contributed by atoms with van der Waals surface area (Å²) in [6.07, 6.45) is -3.56. The zero-order valence-corrected chi connectivity index (χ0v) is 19.1. The minimum atomic E-state index is -4.74. The van der Waals surface area contributed by atoms with Crippen LogP contribution < -0.4 is 10.1 Å². The Morgan fingerprint density at radius 3 is 2.53 bits per heavy atom. The molecule has 0 fully saturated rings. The van der Waals surface area contributed by atoms with Crippen molar-refractivity contribution < 1.29 is 32.2 Å². The molecule has 0 bridgehead atoms.